The summed E-state index contributed by atoms with van der Waals surface area (Å²) in [6.07, 6.45) is 2.05. The minimum absolute atomic E-state index is 0.517. The van der Waals surface area contributed by atoms with Gasteiger partial charge in [0.15, 0.2) is 0 Å². The van der Waals surface area contributed by atoms with Crippen LogP contribution in [-0.4, -0.2) is 27.1 Å². The molecule has 0 saturated heterocycles. The third-order valence-corrected chi connectivity index (χ3v) is 5.82. The van der Waals surface area contributed by atoms with Crippen LogP contribution in [0.5, 0.6) is 5.75 Å². The zero-order valence-electron chi connectivity index (χ0n) is 17.4. The Kier molecular flexibility index (Phi) is 5.72. The standard InChI is InChI=1S/C25H20N4O2S/c1-30-22-14-12-18(13-15-22)23-20(16-29(28-23)21-10-6-3-7-11-21)17-32-25-27-26-24(31-25)19-8-4-2-5-9-19/h2-16H,17H2,1H3. The van der Waals surface area contributed by atoms with Crippen molar-refractivity contribution in [3.63, 3.8) is 0 Å². The highest BCUT2D eigenvalue weighted by atomic mass is 32.2. The van der Waals surface area contributed by atoms with Crippen molar-refractivity contribution in [3.05, 3.63) is 96.7 Å². The summed E-state index contributed by atoms with van der Waals surface area (Å²) in [6, 6.07) is 27.8. The van der Waals surface area contributed by atoms with Gasteiger partial charge in [-0.15, -0.1) is 10.2 Å². The van der Waals surface area contributed by atoms with Crippen molar-refractivity contribution >= 4 is 11.8 Å². The van der Waals surface area contributed by atoms with Crippen LogP contribution in [0, 0.1) is 0 Å². The minimum Gasteiger partial charge on any atom is -0.497 e. The van der Waals surface area contributed by atoms with Gasteiger partial charge in [0.1, 0.15) is 5.75 Å². The Bertz CT molecular complexity index is 1300. The molecule has 0 fully saturated rings. The van der Waals surface area contributed by atoms with Crippen LogP contribution in [0.25, 0.3) is 28.4 Å². The van der Waals surface area contributed by atoms with Crippen molar-refractivity contribution in [1.82, 2.24) is 20.0 Å². The molecule has 0 aliphatic carbocycles. The Hall–Kier alpha value is -3.84. The molecule has 5 rings (SSSR count). The summed E-state index contributed by atoms with van der Waals surface area (Å²) in [4.78, 5) is 0. The van der Waals surface area contributed by atoms with Crippen LogP contribution in [0.15, 0.2) is 101 Å². The Morgan fingerprint density at radius 1 is 0.844 bits per heavy atom. The van der Waals surface area contributed by atoms with E-state index in [1.54, 1.807) is 7.11 Å². The van der Waals surface area contributed by atoms with Gasteiger partial charge in [-0.05, 0) is 48.5 Å². The quantitative estimate of drug-likeness (QED) is 0.294. The molecule has 0 amide bonds. The van der Waals surface area contributed by atoms with Crippen LogP contribution in [-0.2, 0) is 5.75 Å². The summed E-state index contributed by atoms with van der Waals surface area (Å²) in [7, 11) is 1.66. The lowest BCUT2D eigenvalue weighted by atomic mass is 10.1. The normalized spacial score (nSPS) is 10.9. The summed E-state index contributed by atoms with van der Waals surface area (Å²) in [5.74, 6) is 1.97. The lowest BCUT2D eigenvalue weighted by Gasteiger charge is -2.03. The van der Waals surface area contributed by atoms with Crippen molar-refractivity contribution in [3.8, 4) is 34.1 Å². The number of ether oxygens (including phenoxy) is 1. The van der Waals surface area contributed by atoms with Gasteiger partial charge in [0.25, 0.3) is 5.22 Å². The van der Waals surface area contributed by atoms with Gasteiger partial charge in [0.2, 0.25) is 5.89 Å². The number of hydrogen-bond donors (Lipinski definition) is 0. The van der Waals surface area contributed by atoms with Gasteiger partial charge in [0, 0.05) is 28.6 Å². The van der Waals surface area contributed by atoms with E-state index in [1.165, 1.54) is 11.8 Å². The molecule has 2 heterocycles. The molecule has 6 nitrogen and oxygen atoms in total. The highest BCUT2D eigenvalue weighted by Crippen LogP contribution is 2.31. The van der Waals surface area contributed by atoms with Crippen LogP contribution < -0.4 is 4.74 Å². The molecule has 0 aliphatic rings. The summed E-state index contributed by atoms with van der Waals surface area (Å²) in [6.45, 7) is 0. The van der Waals surface area contributed by atoms with Gasteiger partial charge in [-0.25, -0.2) is 4.68 Å². The molecule has 5 aromatic rings. The number of thioether (sulfide) groups is 1. The lowest BCUT2D eigenvalue weighted by molar-refractivity contribution is 0.415. The molecule has 0 atom stereocenters. The van der Waals surface area contributed by atoms with E-state index >= 15 is 0 Å². The second-order valence-corrected chi connectivity index (χ2v) is 7.97. The third kappa shape index (κ3) is 4.29. The zero-order valence-corrected chi connectivity index (χ0v) is 18.2. The molecule has 0 saturated carbocycles. The van der Waals surface area contributed by atoms with Crippen molar-refractivity contribution in [2.24, 2.45) is 0 Å². The molecule has 0 unspecified atom stereocenters. The van der Waals surface area contributed by atoms with Gasteiger partial charge in [0.05, 0.1) is 18.5 Å². The van der Waals surface area contributed by atoms with E-state index in [9.17, 15) is 0 Å². The Labute approximate surface area is 189 Å². The predicted octanol–water partition coefficient (Wildman–Crippen LogP) is 5.89. The maximum atomic E-state index is 5.86. The maximum absolute atomic E-state index is 5.86. The average molecular weight is 441 g/mol. The summed E-state index contributed by atoms with van der Waals surface area (Å²) >= 11 is 1.50. The van der Waals surface area contributed by atoms with Crippen molar-refractivity contribution in [2.75, 3.05) is 7.11 Å². The van der Waals surface area contributed by atoms with E-state index < -0.39 is 0 Å². The Balaban J connectivity index is 1.43. The van der Waals surface area contributed by atoms with E-state index in [0.29, 0.717) is 16.9 Å². The smallest absolute Gasteiger partial charge is 0.277 e. The second-order valence-electron chi connectivity index (χ2n) is 7.04. The Morgan fingerprint density at radius 3 is 2.28 bits per heavy atom. The van der Waals surface area contributed by atoms with Gasteiger partial charge < -0.3 is 9.15 Å². The monoisotopic (exact) mass is 440 g/mol. The van der Waals surface area contributed by atoms with Crippen LogP contribution >= 0.6 is 11.8 Å². The van der Waals surface area contributed by atoms with Crippen molar-refractivity contribution < 1.29 is 9.15 Å². The number of para-hydroxylation sites is 1. The van der Waals surface area contributed by atoms with E-state index in [-0.39, 0.29) is 0 Å². The number of methoxy groups -OCH3 is 1. The van der Waals surface area contributed by atoms with Crippen LogP contribution in [0.1, 0.15) is 5.56 Å². The summed E-state index contributed by atoms with van der Waals surface area (Å²) in [5, 5.41) is 13.8. The lowest BCUT2D eigenvalue weighted by Crippen LogP contribution is -1.94. The van der Waals surface area contributed by atoms with Crippen LogP contribution in [0.4, 0.5) is 0 Å². The van der Waals surface area contributed by atoms with Crippen LogP contribution in [0.2, 0.25) is 0 Å². The van der Waals surface area contributed by atoms with E-state index in [4.69, 9.17) is 14.3 Å². The minimum atomic E-state index is 0.517. The second kappa shape index (κ2) is 9.11. The first kappa shape index (κ1) is 20.1. The number of hydrogen-bond acceptors (Lipinski definition) is 6. The van der Waals surface area contributed by atoms with Crippen molar-refractivity contribution in [1.29, 1.82) is 0 Å². The molecule has 0 bridgehead atoms. The van der Waals surface area contributed by atoms with Gasteiger partial charge in [-0.1, -0.05) is 48.2 Å². The van der Waals surface area contributed by atoms with Gasteiger partial charge in [-0.3, -0.25) is 0 Å². The molecule has 3 aromatic carbocycles. The molecule has 0 spiro atoms. The number of aromatic nitrogens is 4. The van der Waals surface area contributed by atoms with Gasteiger partial charge in [-0.2, -0.15) is 5.10 Å². The van der Waals surface area contributed by atoms with E-state index in [2.05, 4.69) is 16.4 Å². The van der Waals surface area contributed by atoms with Gasteiger partial charge >= 0.3 is 0 Å². The topological polar surface area (TPSA) is 66.0 Å². The summed E-state index contributed by atoms with van der Waals surface area (Å²) < 4.78 is 13.1. The molecule has 0 N–H and O–H groups in total. The SMILES string of the molecule is COc1ccc(-c2nn(-c3ccccc3)cc2CSc2nnc(-c3ccccc3)o2)cc1. The highest BCUT2D eigenvalue weighted by molar-refractivity contribution is 7.98. The first-order chi connectivity index (χ1) is 15.8. The first-order valence-corrected chi connectivity index (χ1v) is 11.1. The maximum Gasteiger partial charge on any atom is 0.277 e. The number of benzene rings is 3. The summed E-state index contributed by atoms with van der Waals surface area (Å²) in [5.41, 5.74) is 4.91. The molecule has 158 valence electrons. The van der Waals surface area contributed by atoms with E-state index in [1.807, 2.05) is 89.6 Å². The largest absolute Gasteiger partial charge is 0.497 e. The molecule has 0 aliphatic heterocycles. The van der Waals surface area contributed by atoms with Crippen molar-refractivity contribution in [2.45, 2.75) is 11.0 Å². The molecular weight excluding hydrogens is 420 g/mol. The molecular formula is C25H20N4O2S. The third-order valence-electron chi connectivity index (χ3n) is 4.95. The fourth-order valence-electron chi connectivity index (χ4n) is 3.33. The van der Waals surface area contributed by atoms with Crippen LogP contribution in [0.3, 0.4) is 0 Å². The Morgan fingerprint density at radius 2 is 1.56 bits per heavy atom. The zero-order chi connectivity index (χ0) is 21.8. The highest BCUT2D eigenvalue weighted by Gasteiger charge is 2.15. The average Bonchev–Trinajstić information content (AvgIpc) is 3.51. The molecule has 0 radical (unpaired) electrons. The first-order valence-electron chi connectivity index (χ1n) is 10.1. The van der Waals surface area contributed by atoms with E-state index in [0.717, 1.165) is 33.8 Å². The molecule has 32 heavy (non-hydrogen) atoms. The predicted molar refractivity (Wildman–Crippen MR) is 125 cm³/mol. The number of nitrogens with zero attached hydrogens (tertiary/aromatic N) is 4. The fraction of sp³-hybridized carbons (Fsp3) is 0.0800. The molecule has 2 aromatic heterocycles. The fourth-order valence-corrected chi connectivity index (χ4v) is 4.05. The number of rotatable bonds is 7. The molecule has 7 heteroatoms.